The van der Waals surface area contributed by atoms with E-state index in [0.29, 0.717) is 11.4 Å². The van der Waals surface area contributed by atoms with Gasteiger partial charge in [0, 0.05) is 13.1 Å². The summed E-state index contributed by atoms with van der Waals surface area (Å²) in [6.07, 6.45) is 0. The molecule has 3 aromatic rings. The normalized spacial score (nSPS) is 11.0. The lowest BCUT2D eigenvalue weighted by Crippen LogP contribution is -2.34. The van der Waals surface area contributed by atoms with Gasteiger partial charge in [-0.2, -0.15) is 0 Å². The lowest BCUT2D eigenvalue weighted by Gasteiger charge is -2.18. The molecule has 6 N–H and O–H groups in total. The van der Waals surface area contributed by atoms with Crippen LogP contribution >= 0.6 is 0 Å². The second kappa shape index (κ2) is 14.0. The van der Waals surface area contributed by atoms with Crippen molar-refractivity contribution < 1.29 is 49.7 Å². The van der Waals surface area contributed by atoms with Gasteiger partial charge in [-0.15, -0.1) is 0 Å². The van der Waals surface area contributed by atoms with Crippen molar-refractivity contribution in [2.24, 2.45) is 0 Å². The Labute approximate surface area is 233 Å². The van der Waals surface area contributed by atoms with Crippen molar-refractivity contribution in [3.63, 3.8) is 0 Å². The Morgan fingerprint density at radius 1 is 0.585 bits per heavy atom. The van der Waals surface area contributed by atoms with Crippen molar-refractivity contribution in [1.29, 1.82) is 0 Å². The van der Waals surface area contributed by atoms with Gasteiger partial charge in [0.15, 0.2) is 0 Å². The predicted molar refractivity (Wildman–Crippen MR) is 142 cm³/mol. The van der Waals surface area contributed by atoms with Crippen LogP contribution in [0.3, 0.4) is 0 Å². The molecule has 41 heavy (non-hydrogen) atoms. The Morgan fingerprint density at radius 3 is 1.27 bits per heavy atom. The van der Waals surface area contributed by atoms with Crippen molar-refractivity contribution in [3.05, 3.63) is 59.9 Å². The second-order valence-corrected chi connectivity index (χ2v) is 8.94. The Hall–Kier alpha value is -4.77. The number of hydrogen-bond acceptors (Lipinski definition) is 11. The minimum Gasteiger partial charge on any atom is -0.480 e. The van der Waals surface area contributed by atoms with E-state index in [4.69, 9.17) is 20.4 Å². The predicted octanol–water partition coefficient (Wildman–Crippen LogP) is -1.17. The highest BCUT2D eigenvalue weighted by Crippen LogP contribution is 2.21. The molecule has 0 unspecified atom stereocenters. The topological polar surface area (TPSA) is 235 Å². The van der Waals surface area contributed by atoms with E-state index in [9.17, 15) is 29.2 Å². The minimum atomic E-state index is -1.88. The molecule has 0 fully saturated rings. The fraction of sp³-hybridized carbons (Fsp3) is 0.240. The molecule has 0 saturated carbocycles. The largest absolute Gasteiger partial charge is 0.488 e. The molecule has 0 saturated heterocycles. The van der Waals surface area contributed by atoms with E-state index in [-0.39, 0.29) is 41.3 Å². The van der Waals surface area contributed by atoms with Crippen molar-refractivity contribution in [3.8, 4) is 22.8 Å². The van der Waals surface area contributed by atoms with Crippen LogP contribution in [0, 0.1) is 0 Å². The third kappa shape index (κ3) is 9.73. The fourth-order valence-electron chi connectivity index (χ4n) is 3.94. The van der Waals surface area contributed by atoms with Crippen LogP contribution < -0.4 is 5.46 Å². The summed E-state index contributed by atoms with van der Waals surface area (Å²) in [6, 6.07) is 12.3. The first-order chi connectivity index (χ1) is 19.4. The summed E-state index contributed by atoms with van der Waals surface area (Å²) in [5, 5.41) is 56.2. The molecule has 3 rings (SSSR count). The van der Waals surface area contributed by atoms with Crippen molar-refractivity contribution in [2.45, 2.75) is 13.1 Å². The van der Waals surface area contributed by atoms with Crippen LogP contribution in [0.1, 0.15) is 11.4 Å². The summed E-state index contributed by atoms with van der Waals surface area (Å²) >= 11 is 0. The zero-order valence-electron chi connectivity index (χ0n) is 21.5. The lowest BCUT2D eigenvalue weighted by molar-refractivity contribution is -0.144. The van der Waals surface area contributed by atoms with Crippen molar-refractivity contribution >= 4 is 36.5 Å². The molecule has 3 heterocycles. The molecule has 3 aromatic heterocycles. The molecular formula is C25H26BN5O10. The first-order valence-corrected chi connectivity index (χ1v) is 12.0. The summed E-state index contributed by atoms with van der Waals surface area (Å²) in [4.78, 5) is 60.4. The maximum absolute atomic E-state index is 11.1. The molecule has 15 nitrogen and oxygen atoms in total. The highest BCUT2D eigenvalue weighted by atomic mass is 16.4. The van der Waals surface area contributed by atoms with Crippen LogP contribution in [0.2, 0.25) is 0 Å². The van der Waals surface area contributed by atoms with Crippen LogP contribution in [0.25, 0.3) is 22.8 Å². The zero-order chi connectivity index (χ0) is 30.1. The number of aliphatic carboxylic acids is 4. The van der Waals surface area contributed by atoms with Crippen LogP contribution in [0.5, 0.6) is 0 Å². The Balaban J connectivity index is 1.96. The monoisotopic (exact) mass is 567 g/mol. The SMILES string of the molecule is O=C(O)CN(CC(=O)O)Cc1cccc(-c2cc(B(O)O)cc(-c3cccc(CN(CC(=O)O)CC(=O)O)n3)n2)n1. The number of rotatable bonds is 15. The van der Waals surface area contributed by atoms with E-state index in [0.717, 1.165) is 0 Å². The summed E-state index contributed by atoms with van der Waals surface area (Å²) in [7, 11) is -1.88. The standard InChI is InChI=1S/C25H26BN5O10/c32-22(33)11-30(12-23(34)35)9-16-3-1-5-18(27-16)20-7-15(26(40)41)8-21(29-20)19-6-2-4-17(28-19)10-31(13-24(36)37)14-25(38)39/h1-8,40-41H,9-14H2,(H,32,33)(H,34,35)(H,36,37)(H,38,39). The Kier molecular flexibility index (Phi) is 10.5. The van der Waals surface area contributed by atoms with Crippen LogP contribution in [-0.4, -0.2) is 112 Å². The second-order valence-electron chi connectivity index (χ2n) is 8.94. The number of nitrogens with zero attached hydrogens (tertiary/aromatic N) is 5. The van der Waals surface area contributed by atoms with Crippen LogP contribution in [-0.2, 0) is 32.3 Å². The number of hydrogen-bond donors (Lipinski definition) is 6. The molecule has 0 aliphatic heterocycles. The van der Waals surface area contributed by atoms with Gasteiger partial charge in [0.25, 0.3) is 0 Å². The first kappa shape index (κ1) is 30.8. The first-order valence-electron chi connectivity index (χ1n) is 12.0. The van der Waals surface area contributed by atoms with E-state index in [1.165, 1.54) is 21.9 Å². The molecule has 0 aromatic carbocycles. The minimum absolute atomic E-state index is 0.0566. The summed E-state index contributed by atoms with van der Waals surface area (Å²) in [6.45, 7) is -2.27. The summed E-state index contributed by atoms with van der Waals surface area (Å²) in [5.41, 5.74) is 1.73. The number of pyridine rings is 3. The quantitative estimate of drug-likeness (QED) is 0.119. The molecule has 0 amide bonds. The smallest absolute Gasteiger partial charge is 0.480 e. The van der Waals surface area contributed by atoms with Crippen molar-refractivity contribution in [2.75, 3.05) is 26.2 Å². The maximum Gasteiger partial charge on any atom is 0.488 e. The third-order valence-electron chi connectivity index (χ3n) is 5.49. The van der Waals surface area contributed by atoms with Gasteiger partial charge in [-0.1, -0.05) is 12.1 Å². The number of aromatic nitrogens is 3. The van der Waals surface area contributed by atoms with E-state index in [1.807, 2.05) is 0 Å². The van der Waals surface area contributed by atoms with Gasteiger partial charge >= 0.3 is 31.0 Å². The molecule has 0 atom stereocenters. The molecule has 16 heteroatoms. The Morgan fingerprint density at radius 2 is 0.951 bits per heavy atom. The van der Waals surface area contributed by atoms with E-state index in [2.05, 4.69) is 15.0 Å². The molecule has 0 radical (unpaired) electrons. The van der Waals surface area contributed by atoms with Gasteiger partial charge in [0.1, 0.15) is 0 Å². The van der Waals surface area contributed by atoms with Crippen molar-refractivity contribution in [1.82, 2.24) is 24.8 Å². The van der Waals surface area contributed by atoms with E-state index < -0.39 is 57.2 Å². The average molecular weight is 567 g/mol. The molecule has 0 bridgehead atoms. The number of carboxylic acid groups (broad SMARTS) is 4. The molecule has 0 aliphatic rings. The molecule has 0 spiro atoms. The van der Waals surface area contributed by atoms with Gasteiger partial charge < -0.3 is 30.5 Å². The Bertz CT molecular complexity index is 1310. The van der Waals surface area contributed by atoms with E-state index in [1.54, 1.807) is 36.4 Å². The highest BCUT2D eigenvalue weighted by molar-refractivity contribution is 6.58. The van der Waals surface area contributed by atoms with Crippen LogP contribution in [0.4, 0.5) is 0 Å². The van der Waals surface area contributed by atoms with Crippen LogP contribution in [0.15, 0.2) is 48.5 Å². The summed E-state index contributed by atoms with van der Waals surface area (Å²) in [5.74, 6) is -4.83. The van der Waals surface area contributed by atoms with Gasteiger partial charge in [-0.05, 0) is 41.9 Å². The van der Waals surface area contributed by atoms with Gasteiger partial charge in [-0.25, -0.2) is 15.0 Å². The maximum atomic E-state index is 11.1. The molecule has 0 aliphatic carbocycles. The van der Waals surface area contributed by atoms with E-state index >= 15 is 0 Å². The third-order valence-corrected chi connectivity index (χ3v) is 5.49. The highest BCUT2D eigenvalue weighted by Gasteiger charge is 2.20. The summed E-state index contributed by atoms with van der Waals surface area (Å²) < 4.78 is 0. The number of carbonyl (C=O) groups is 4. The fourth-order valence-corrected chi connectivity index (χ4v) is 3.94. The lowest BCUT2D eigenvalue weighted by atomic mass is 9.79. The number of carboxylic acids is 4. The molecular weight excluding hydrogens is 541 g/mol. The molecule has 214 valence electrons. The van der Waals surface area contributed by atoms with Gasteiger partial charge in [0.05, 0.1) is 60.3 Å². The average Bonchev–Trinajstić information content (AvgIpc) is 2.87. The zero-order valence-corrected chi connectivity index (χ0v) is 21.5. The van der Waals surface area contributed by atoms with Gasteiger partial charge in [-0.3, -0.25) is 29.0 Å². The van der Waals surface area contributed by atoms with Gasteiger partial charge in [0.2, 0.25) is 0 Å².